The van der Waals surface area contributed by atoms with E-state index in [1.165, 1.54) is 19.2 Å². The molecule has 1 aromatic carbocycles. The summed E-state index contributed by atoms with van der Waals surface area (Å²) < 4.78 is 7.69. The third-order valence-corrected chi connectivity index (χ3v) is 5.09. The van der Waals surface area contributed by atoms with Gasteiger partial charge in [-0.15, -0.1) is 0 Å². The lowest BCUT2D eigenvalue weighted by Gasteiger charge is -2.40. The molecule has 2 fully saturated rings. The third kappa shape index (κ3) is 3.51. The molecule has 7 nitrogen and oxygen atoms in total. The molecule has 0 radical (unpaired) electrons. The van der Waals surface area contributed by atoms with Crippen molar-refractivity contribution >= 4 is 6.03 Å². The first-order valence-electron chi connectivity index (χ1n) is 8.85. The van der Waals surface area contributed by atoms with Crippen LogP contribution in [0.2, 0.25) is 0 Å². The number of nitrogens with zero attached hydrogens (tertiary/aromatic N) is 4. The summed E-state index contributed by atoms with van der Waals surface area (Å²) in [4.78, 5) is 18.4. The summed E-state index contributed by atoms with van der Waals surface area (Å²) in [5.74, 6) is 0. The third-order valence-electron chi connectivity index (χ3n) is 5.09. The maximum absolute atomic E-state index is 12.6. The molecule has 2 heterocycles. The summed E-state index contributed by atoms with van der Waals surface area (Å²) >= 11 is 0. The standard InChI is InChI=1S/C18H23N5O2/c24-17(22-8-9-25-18(12-22)6-1-2-7-18)20-11-15-4-3-5-16(10-15)23-14-19-13-21-23/h3-5,10,13-14H,1-2,6-9,11-12H2,(H,20,24). The molecule has 1 saturated heterocycles. The number of carbonyl (C=O) groups excluding carboxylic acids is 1. The highest BCUT2D eigenvalue weighted by atomic mass is 16.5. The minimum atomic E-state index is -0.0946. The smallest absolute Gasteiger partial charge is 0.317 e. The molecule has 0 unspecified atom stereocenters. The molecule has 0 atom stereocenters. The van der Waals surface area contributed by atoms with Crippen molar-refractivity contribution in [3.63, 3.8) is 0 Å². The summed E-state index contributed by atoms with van der Waals surface area (Å²) in [6.07, 6.45) is 7.70. The predicted molar refractivity (Wildman–Crippen MR) is 92.3 cm³/mol. The Labute approximate surface area is 147 Å². The summed E-state index contributed by atoms with van der Waals surface area (Å²) in [6.45, 7) is 2.49. The van der Waals surface area contributed by atoms with Crippen molar-refractivity contribution in [2.75, 3.05) is 19.7 Å². The lowest BCUT2D eigenvalue weighted by Crippen LogP contribution is -2.54. The number of benzene rings is 1. The molecule has 1 saturated carbocycles. The van der Waals surface area contributed by atoms with Gasteiger partial charge in [0.15, 0.2) is 0 Å². The summed E-state index contributed by atoms with van der Waals surface area (Å²) in [5, 5.41) is 7.17. The Morgan fingerprint density at radius 2 is 2.20 bits per heavy atom. The van der Waals surface area contributed by atoms with Crippen LogP contribution in [-0.2, 0) is 11.3 Å². The van der Waals surface area contributed by atoms with Crippen LogP contribution in [0.4, 0.5) is 4.79 Å². The van der Waals surface area contributed by atoms with E-state index in [-0.39, 0.29) is 11.6 Å². The van der Waals surface area contributed by atoms with Crippen molar-refractivity contribution in [3.8, 4) is 5.69 Å². The second kappa shape index (κ2) is 6.84. The van der Waals surface area contributed by atoms with Gasteiger partial charge in [0.05, 0.1) is 24.4 Å². The molecule has 7 heteroatoms. The fourth-order valence-electron chi connectivity index (χ4n) is 3.78. The first-order chi connectivity index (χ1) is 12.2. The van der Waals surface area contributed by atoms with Crippen LogP contribution >= 0.6 is 0 Å². The van der Waals surface area contributed by atoms with E-state index in [9.17, 15) is 4.79 Å². The topological polar surface area (TPSA) is 72.3 Å². The number of ether oxygens (including phenoxy) is 1. The molecule has 1 N–H and O–H groups in total. The highest BCUT2D eigenvalue weighted by molar-refractivity contribution is 5.74. The largest absolute Gasteiger partial charge is 0.371 e. The first kappa shape index (κ1) is 16.1. The van der Waals surface area contributed by atoms with Crippen LogP contribution in [0.25, 0.3) is 5.69 Å². The van der Waals surface area contributed by atoms with Gasteiger partial charge in [0, 0.05) is 13.1 Å². The van der Waals surface area contributed by atoms with E-state index >= 15 is 0 Å². The van der Waals surface area contributed by atoms with Crippen molar-refractivity contribution < 1.29 is 9.53 Å². The van der Waals surface area contributed by atoms with Crippen molar-refractivity contribution in [2.45, 2.75) is 37.8 Å². The van der Waals surface area contributed by atoms with Crippen molar-refractivity contribution in [1.29, 1.82) is 0 Å². The zero-order valence-corrected chi connectivity index (χ0v) is 14.2. The molecular weight excluding hydrogens is 318 g/mol. The van der Waals surface area contributed by atoms with Gasteiger partial charge in [-0.2, -0.15) is 5.10 Å². The van der Waals surface area contributed by atoms with E-state index in [2.05, 4.69) is 15.4 Å². The molecule has 0 bridgehead atoms. The Hall–Kier alpha value is -2.41. The predicted octanol–water partition coefficient (Wildman–Crippen LogP) is 2.12. The van der Waals surface area contributed by atoms with Gasteiger partial charge < -0.3 is 15.0 Å². The van der Waals surface area contributed by atoms with Crippen molar-refractivity contribution in [3.05, 3.63) is 42.5 Å². The number of morpholine rings is 1. The molecule has 1 aromatic heterocycles. The van der Waals surface area contributed by atoms with E-state index in [0.29, 0.717) is 26.2 Å². The van der Waals surface area contributed by atoms with E-state index in [4.69, 9.17) is 4.74 Å². The second-order valence-corrected chi connectivity index (χ2v) is 6.83. The van der Waals surface area contributed by atoms with E-state index in [0.717, 1.165) is 24.1 Å². The van der Waals surface area contributed by atoms with Gasteiger partial charge >= 0.3 is 6.03 Å². The molecule has 1 aliphatic heterocycles. The van der Waals surface area contributed by atoms with Crippen LogP contribution in [0, 0.1) is 0 Å². The van der Waals surface area contributed by atoms with E-state index < -0.39 is 0 Å². The zero-order valence-electron chi connectivity index (χ0n) is 14.2. The summed E-state index contributed by atoms with van der Waals surface area (Å²) in [5.41, 5.74) is 1.87. The molecule has 2 amide bonds. The summed E-state index contributed by atoms with van der Waals surface area (Å²) in [6, 6.07) is 7.92. The SMILES string of the molecule is O=C(NCc1cccc(-n2cncn2)c1)N1CCOC2(CCCC2)C1. The second-order valence-electron chi connectivity index (χ2n) is 6.83. The van der Waals surface area contributed by atoms with Gasteiger partial charge in [-0.25, -0.2) is 14.5 Å². The van der Waals surface area contributed by atoms with Crippen LogP contribution in [0.3, 0.4) is 0 Å². The monoisotopic (exact) mass is 341 g/mol. The maximum atomic E-state index is 12.6. The lowest BCUT2D eigenvalue weighted by molar-refractivity contribution is -0.0925. The van der Waals surface area contributed by atoms with E-state index in [1.807, 2.05) is 29.2 Å². The van der Waals surface area contributed by atoms with Crippen LogP contribution in [0.1, 0.15) is 31.2 Å². The number of aromatic nitrogens is 3. The van der Waals surface area contributed by atoms with Gasteiger partial charge in [0.25, 0.3) is 0 Å². The fourth-order valence-corrected chi connectivity index (χ4v) is 3.78. The summed E-state index contributed by atoms with van der Waals surface area (Å²) in [7, 11) is 0. The molecule has 1 aliphatic carbocycles. The zero-order chi connectivity index (χ0) is 17.1. The Bertz CT molecular complexity index is 725. The Morgan fingerprint density at radius 1 is 1.32 bits per heavy atom. The molecular formula is C18H23N5O2. The first-order valence-corrected chi connectivity index (χ1v) is 8.85. The number of hydrogen-bond donors (Lipinski definition) is 1. The minimum absolute atomic E-state index is 0.0132. The quantitative estimate of drug-likeness (QED) is 0.928. The molecule has 25 heavy (non-hydrogen) atoms. The molecule has 132 valence electrons. The van der Waals surface area contributed by atoms with Crippen LogP contribution in [-0.4, -0.2) is 51.0 Å². The highest BCUT2D eigenvalue weighted by Crippen LogP contribution is 2.35. The molecule has 2 aliphatic rings. The average Bonchev–Trinajstić information content (AvgIpc) is 3.33. The molecule has 2 aromatic rings. The highest BCUT2D eigenvalue weighted by Gasteiger charge is 2.40. The lowest BCUT2D eigenvalue weighted by atomic mass is 10.00. The fraction of sp³-hybridized carbons (Fsp3) is 0.500. The van der Waals surface area contributed by atoms with Gasteiger partial charge in [0.2, 0.25) is 0 Å². The number of nitrogens with one attached hydrogen (secondary N) is 1. The van der Waals surface area contributed by atoms with Gasteiger partial charge in [0.1, 0.15) is 12.7 Å². The maximum Gasteiger partial charge on any atom is 0.317 e. The van der Waals surface area contributed by atoms with Crippen molar-refractivity contribution in [2.24, 2.45) is 0 Å². The Kier molecular flexibility index (Phi) is 4.40. The van der Waals surface area contributed by atoms with Crippen LogP contribution in [0.5, 0.6) is 0 Å². The number of hydrogen-bond acceptors (Lipinski definition) is 4. The average molecular weight is 341 g/mol. The van der Waals surface area contributed by atoms with Gasteiger partial charge in [-0.05, 0) is 30.5 Å². The van der Waals surface area contributed by atoms with Crippen molar-refractivity contribution in [1.82, 2.24) is 25.0 Å². The number of amides is 2. The number of rotatable bonds is 3. The van der Waals surface area contributed by atoms with Gasteiger partial charge in [-0.3, -0.25) is 0 Å². The Morgan fingerprint density at radius 3 is 3.00 bits per heavy atom. The van der Waals surface area contributed by atoms with E-state index in [1.54, 1.807) is 11.0 Å². The van der Waals surface area contributed by atoms with Gasteiger partial charge in [-0.1, -0.05) is 25.0 Å². The molecule has 1 spiro atoms. The Balaban J connectivity index is 1.36. The number of carbonyl (C=O) groups is 1. The van der Waals surface area contributed by atoms with Crippen LogP contribution in [0.15, 0.2) is 36.9 Å². The number of urea groups is 1. The van der Waals surface area contributed by atoms with Crippen LogP contribution < -0.4 is 5.32 Å². The normalized spacial score (nSPS) is 19.3. The minimum Gasteiger partial charge on any atom is -0.371 e. The molecule has 4 rings (SSSR count).